The number of carbonyl (C=O) groups is 1. The Hall–Kier alpha value is -1.74. The number of benzene rings is 1. The van der Waals surface area contributed by atoms with Crippen molar-refractivity contribution < 1.29 is 13.2 Å². The predicted molar refractivity (Wildman–Crippen MR) is 106 cm³/mol. The van der Waals surface area contributed by atoms with E-state index in [0.29, 0.717) is 35.3 Å². The van der Waals surface area contributed by atoms with Crippen LogP contribution in [-0.4, -0.2) is 49.7 Å². The summed E-state index contributed by atoms with van der Waals surface area (Å²) in [5.41, 5.74) is 0. The van der Waals surface area contributed by atoms with Crippen LogP contribution < -0.4 is 0 Å². The minimum Gasteiger partial charge on any atom is -0.335 e. The van der Waals surface area contributed by atoms with E-state index < -0.39 is 10.0 Å². The molecule has 1 saturated heterocycles. The first kappa shape index (κ1) is 17.7. The van der Waals surface area contributed by atoms with Crippen molar-refractivity contribution in [3.63, 3.8) is 0 Å². The van der Waals surface area contributed by atoms with E-state index in [9.17, 15) is 13.2 Å². The maximum atomic E-state index is 12.8. The molecule has 3 heterocycles. The summed E-state index contributed by atoms with van der Waals surface area (Å²) in [4.78, 5) is 16.2. The van der Waals surface area contributed by atoms with Crippen molar-refractivity contribution in [2.45, 2.75) is 11.1 Å². The van der Waals surface area contributed by atoms with Gasteiger partial charge in [-0.2, -0.15) is 4.31 Å². The van der Waals surface area contributed by atoms with Gasteiger partial charge in [-0.25, -0.2) is 8.42 Å². The van der Waals surface area contributed by atoms with E-state index in [0.717, 1.165) is 15.0 Å². The summed E-state index contributed by atoms with van der Waals surface area (Å²) in [6, 6.07) is 13.3. The second-order valence-electron chi connectivity index (χ2n) is 6.21. The quantitative estimate of drug-likeness (QED) is 0.670. The minimum atomic E-state index is -3.46. The molecule has 0 unspecified atom stereocenters. The number of rotatable bonds is 3. The van der Waals surface area contributed by atoms with Crippen LogP contribution in [0.3, 0.4) is 0 Å². The zero-order valence-electron chi connectivity index (χ0n) is 14.2. The largest absolute Gasteiger partial charge is 0.335 e. The number of hydrogen-bond acceptors (Lipinski definition) is 5. The van der Waals surface area contributed by atoms with E-state index in [1.54, 1.807) is 11.0 Å². The van der Waals surface area contributed by atoms with E-state index >= 15 is 0 Å². The van der Waals surface area contributed by atoms with Gasteiger partial charge in [-0.3, -0.25) is 4.79 Å². The Labute approximate surface area is 160 Å². The van der Waals surface area contributed by atoms with Gasteiger partial charge in [-0.1, -0.05) is 18.2 Å². The van der Waals surface area contributed by atoms with Gasteiger partial charge in [0.1, 0.15) is 4.21 Å². The highest BCUT2D eigenvalue weighted by molar-refractivity contribution is 7.91. The third-order valence-electron chi connectivity index (χ3n) is 4.47. The Kier molecular flexibility index (Phi) is 4.60. The fraction of sp³-hybridized carbons (Fsp3) is 0.278. The zero-order valence-corrected chi connectivity index (χ0v) is 16.7. The number of amides is 1. The highest BCUT2D eigenvalue weighted by Crippen LogP contribution is 2.28. The molecule has 0 aliphatic carbocycles. The van der Waals surface area contributed by atoms with Crippen molar-refractivity contribution >= 4 is 48.7 Å². The minimum absolute atomic E-state index is 0.0183. The Morgan fingerprint density at radius 3 is 2.38 bits per heavy atom. The molecule has 0 atom stereocenters. The van der Waals surface area contributed by atoms with Gasteiger partial charge in [0.05, 0.1) is 4.88 Å². The van der Waals surface area contributed by atoms with Crippen molar-refractivity contribution in [3.8, 4) is 0 Å². The molecule has 0 saturated carbocycles. The Bertz CT molecular complexity index is 1030. The van der Waals surface area contributed by atoms with Gasteiger partial charge in [0.2, 0.25) is 0 Å². The lowest BCUT2D eigenvalue weighted by atomic mass is 10.2. The normalized spacial score (nSPS) is 16.3. The lowest BCUT2D eigenvalue weighted by Gasteiger charge is -2.33. The van der Waals surface area contributed by atoms with Crippen LogP contribution in [0.5, 0.6) is 0 Å². The summed E-state index contributed by atoms with van der Waals surface area (Å²) in [5, 5.41) is 1.06. The van der Waals surface area contributed by atoms with Crippen LogP contribution in [0.25, 0.3) is 10.1 Å². The molecule has 136 valence electrons. The summed E-state index contributed by atoms with van der Waals surface area (Å²) >= 11 is 2.77. The second kappa shape index (κ2) is 6.77. The van der Waals surface area contributed by atoms with Gasteiger partial charge in [-0.15, -0.1) is 22.7 Å². The molecular weight excluding hydrogens is 388 g/mol. The molecule has 1 fully saturated rings. The van der Waals surface area contributed by atoms with Gasteiger partial charge in [-0.05, 0) is 36.6 Å². The maximum Gasteiger partial charge on any atom is 0.264 e. The molecule has 0 spiro atoms. The SMILES string of the molecule is Cc1ccc(S(=O)(=O)N2CCN(C(=O)c3cc4ccccc4s3)CC2)s1. The van der Waals surface area contributed by atoms with Gasteiger partial charge in [0.15, 0.2) is 0 Å². The van der Waals surface area contributed by atoms with E-state index in [1.807, 2.05) is 43.3 Å². The van der Waals surface area contributed by atoms with Crippen molar-refractivity contribution in [1.29, 1.82) is 0 Å². The summed E-state index contributed by atoms with van der Waals surface area (Å²) in [5.74, 6) is -0.0183. The van der Waals surface area contributed by atoms with Crippen LogP contribution in [0.15, 0.2) is 46.7 Å². The van der Waals surface area contributed by atoms with Crippen molar-refractivity contribution in [2.75, 3.05) is 26.2 Å². The average Bonchev–Trinajstić information content (AvgIpc) is 3.27. The number of aryl methyl sites for hydroxylation is 1. The number of carbonyl (C=O) groups excluding carboxylic acids is 1. The number of nitrogens with zero attached hydrogens (tertiary/aromatic N) is 2. The topological polar surface area (TPSA) is 57.7 Å². The number of fused-ring (bicyclic) bond motifs is 1. The second-order valence-corrected chi connectivity index (χ2v) is 10.7. The van der Waals surface area contributed by atoms with Gasteiger partial charge in [0, 0.05) is 35.8 Å². The summed E-state index contributed by atoms with van der Waals surface area (Å²) in [6.45, 7) is 3.38. The van der Waals surface area contributed by atoms with Crippen LogP contribution >= 0.6 is 22.7 Å². The molecule has 1 aliphatic heterocycles. The summed E-state index contributed by atoms with van der Waals surface area (Å²) in [6.07, 6.45) is 0. The maximum absolute atomic E-state index is 12.8. The zero-order chi connectivity index (χ0) is 18.3. The average molecular weight is 407 g/mol. The third-order valence-corrected chi connectivity index (χ3v) is 8.94. The molecule has 8 heteroatoms. The molecule has 26 heavy (non-hydrogen) atoms. The molecule has 1 aliphatic rings. The molecule has 2 aromatic heterocycles. The van der Waals surface area contributed by atoms with Crippen LogP contribution in [0, 0.1) is 6.92 Å². The standard InChI is InChI=1S/C18H18N2O3S3/c1-13-6-7-17(24-13)26(22,23)20-10-8-19(9-11-20)18(21)16-12-14-4-2-3-5-15(14)25-16/h2-7,12H,8-11H2,1H3. The molecule has 1 aromatic carbocycles. The van der Waals surface area contributed by atoms with Crippen molar-refractivity contribution in [2.24, 2.45) is 0 Å². The lowest BCUT2D eigenvalue weighted by molar-refractivity contribution is 0.0703. The first-order valence-electron chi connectivity index (χ1n) is 8.29. The molecule has 3 aromatic rings. The fourth-order valence-corrected chi connectivity index (χ4v) is 6.94. The smallest absolute Gasteiger partial charge is 0.264 e. The van der Waals surface area contributed by atoms with Crippen LogP contribution in [0.1, 0.15) is 14.5 Å². The highest BCUT2D eigenvalue weighted by atomic mass is 32.2. The molecule has 0 N–H and O–H groups in total. The van der Waals surface area contributed by atoms with Gasteiger partial charge < -0.3 is 4.90 Å². The summed E-state index contributed by atoms with van der Waals surface area (Å²) < 4.78 is 28.3. The summed E-state index contributed by atoms with van der Waals surface area (Å²) in [7, 11) is -3.46. The highest BCUT2D eigenvalue weighted by Gasteiger charge is 2.31. The predicted octanol–water partition coefficient (Wildman–Crippen LogP) is 3.42. The van der Waals surface area contributed by atoms with Crippen molar-refractivity contribution in [3.05, 3.63) is 52.2 Å². The van der Waals surface area contributed by atoms with E-state index in [-0.39, 0.29) is 5.91 Å². The Balaban J connectivity index is 1.47. The van der Waals surface area contributed by atoms with E-state index in [4.69, 9.17) is 0 Å². The van der Waals surface area contributed by atoms with E-state index in [2.05, 4.69) is 0 Å². The van der Waals surface area contributed by atoms with Crippen molar-refractivity contribution in [1.82, 2.24) is 9.21 Å². The fourth-order valence-electron chi connectivity index (χ4n) is 3.05. The molecule has 4 rings (SSSR count). The monoisotopic (exact) mass is 406 g/mol. The number of piperazine rings is 1. The van der Waals surface area contributed by atoms with Crippen LogP contribution in [0.4, 0.5) is 0 Å². The number of thiophene rings is 2. The molecule has 0 bridgehead atoms. The number of hydrogen-bond donors (Lipinski definition) is 0. The van der Waals surface area contributed by atoms with Crippen LogP contribution in [-0.2, 0) is 10.0 Å². The molecule has 5 nitrogen and oxygen atoms in total. The first-order chi connectivity index (χ1) is 12.4. The van der Waals surface area contributed by atoms with Gasteiger partial charge in [0.25, 0.3) is 15.9 Å². The Morgan fingerprint density at radius 1 is 1.00 bits per heavy atom. The molecular formula is C18H18N2O3S3. The van der Waals surface area contributed by atoms with Gasteiger partial charge >= 0.3 is 0 Å². The first-order valence-corrected chi connectivity index (χ1v) is 11.4. The molecule has 0 radical (unpaired) electrons. The van der Waals surface area contributed by atoms with Crippen LogP contribution in [0.2, 0.25) is 0 Å². The molecule has 1 amide bonds. The number of sulfonamides is 1. The Morgan fingerprint density at radius 2 is 1.73 bits per heavy atom. The lowest BCUT2D eigenvalue weighted by Crippen LogP contribution is -2.50. The van der Waals surface area contributed by atoms with E-state index in [1.165, 1.54) is 27.0 Å². The third kappa shape index (κ3) is 3.18.